The minimum absolute atomic E-state index is 0.161. The number of nitrogens with one attached hydrogen (secondary N) is 1. The van der Waals surface area contributed by atoms with Gasteiger partial charge < -0.3 is 14.3 Å². The van der Waals surface area contributed by atoms with Crippen LogP contribution in [0.15, 0.2) is 53.1 Å². The van der Waals surface area contributed by atoms with Crippen LogP contribution in [0.2, 0.25) is 0 Å². The zero-order valence-corrected chi connectivity index (χ0v) is 15.6. The van der Waals surface area contributed by atoms with E-state index in [9.17, 15) is 4.79 Å². The number of aromatic nitrogens is 3. The SMILES string of the molecule is O=C(NCc1ccccc1)c1nnc2n1C[C@@H]1CN(Cc3ccco3)C[C@H]1C2. The van der Waals surface area contributed by atoms with E-state index in [1.165, 1.54) is 0 Å². The lowest BCUT2D eigenvalue weighted by molar-refractivity contribution is 0.0932. The number of fused-ring (bicyclic) bond motifs is 2. The maximum Gasteiger partial charge on any atom is 0.289 e. The van der Waals surface area contributed by atoms with Crippen LogP contribution in [-0.2, 0) is 26.1 Å². The molecule has 0 aliphatic carbocycles. The predicted molar refractivity (Wildman–Crippen MR) is 102 cm³/mol. The fourth-order valence-corrected chi connectivity index (χ4v) is 4.40. The monoisotopic (exact) mass is 377 g/mol. The first-order chi connectivity index (χ1) is 13.8. The highest BCUT2D eigenvalue weighted by atomic mass is 16.3. The Morgan fingerprint density at radius 3 is 2.75 bits per heavy atom. The first-order valence-corrected chi connectivity index (χ1v) is 9.75. The van der Waals surface area contributed by atoms with Crippen molar-refractivity contribution >= 4 is 5.91 Å². The van der Waals surface area contributed by atoms with Gasteiger partial charge in [-0.3, -0.25) is 9.69 Å². The second-order valence-electron chi connectivity index (χ2n) is 7.72. The number of amides is 1. The Bertz CT molecular complexity index is 951. The normalized spacial score (nSPS) is 21.3. The highest BCUT2D eigenvalue weighted by Crippen LogP contribution is 2.33. The molecule has 0 unspecified atom stereocenters. The first-order valence-electron chi connectivity index (χ1n) is 9.75. The number of likely N-dealkylation sites (tertiary alicyclic amines) is 1. The number of hydrogen-bond acceptors (Lipinski definition) is 5. The van der Waals surface area contributed by atoms with Gasteiger partial charge in [-0.2, -0.15) is 0 Å². The fraction of sp³-hybridized carbons (Fsp3) is 0.381. The molecule has 28 heavy (non-hydrogen) atoms. The Morgan fingerprint density at radius 1 is 1.07 bits per heavy atom. The van der Waals surface area contributed by atoms with Crippen LogP contribution in [0.5, 0.6) is 0 Å². The van der Waals surface area contributed by atoms with Crippen LogP contribution in [0.3, 0.4) is 0 Å². The van der Waals surface area contributed by atoms with E-state index in [2.05, 4.69) is 20.4 Å². The topological polar surface area (TPSA) is 76.2 Å². The van der Waals surface area contributed by atoms with Crippen molar-refractivity contribution < 1.29 is 9.21 Å². The summed E-state index contributed by atoms with van der Waals surface area (Å²) in [6, 6.07) is 13.8. The third kappa shape index (κ3) is 3.33. The second-order valence-corrected chi connectivity index (χ2v) is 7.72. The maximum absolute atomic E-state index is 12.7. The van der Waals surface area contributed by atoms with Crippen LogP contribution >= 0.6 is 0 Å². The van der Waals surface area contributed by atoms with Crippen molar-refractivity contribution in [3.63, 3.8) is 0 Å². The van der Waals surface area contributed by atoms with Crippen molar-refractivity contribution in [3.8, 4) is 0 Å². The van der Waals surface area contributed by atoms with Gasteiger partial charge in [-0.25, -0.2) is 0 Å². The molecule has 2 aliphatic heterocycles. The van der Waals surface area contributed by atoms with Gasteiger partial charge in [-0.1, -0.05) is 30.3 Å². The van der Waals surface area contributed by atoms with Crippen LogP contribution in [0, 0.1) is 11.8 Å². The number of benzene rings is 1. The highest BCUT2D eigenvalue weighted by Gasteiger charge is 2.39. The summed E-state index contributed by atoms with van der Waals surface area (Å²) < 4.78 is 7.50. The van der Waals surface area contributed by atoms with Gasteiger partial charge in [0.1, 0.15) is 11.6 Å². The average molecular weight is 377 g/mol. The Hall–Kier alpha value is -2.93. The van der Waals surface area contributed by atoms with E-state index in [0.717, 1.165) is 49.7 Å². The average Bonchev–Trinajstić information content (AvgIpc) is 3.44. The lowest BCUT2D eigenvalue weighted by Crippen LogP contribution is -2.32. The molecule has 0 radical (unpaired) electrons. The Labute approximate surface area is 163 Å². The molecule has 2 atom stereocenters. The molecule has 0 bridgehead atoms. The number of hydrogen-bond donors (Lipinski definition) is 1. The zero-order valence-electron chi connectivity index (χ0n) is 15.6. The summed E-state index contributed by atoms with van der Waals surface area (Å²) in [5, 5.41) is 11.5. The van der Waals surface area contributed by atoms with Gasteiger partial charge in [0.05, 0.1) is 12.8 Å². The summed E-state index contributed by atoms with van der Waals surface area (Å²) in [5.41, 5.74) is 1.07. The molecule has 2 aliphatic rings. The third-order valence-electron chi connectivity index (χ3n) is 5.80. The fourth-order valence-electron chi connectivity index (χ4n) is 4.40. The van der Waals surface area contributed by atoms with Crippen LogP contribution < -0.4 is 5.32 Å². The Morgan fingerprint density at radius 2 is 1.93 bits per heavy atom. The second kappa shape index (κ2) is 7.24. The van der Waals surface area contributed by atoms with Gasteiger partial charge in [-0.05, 0) is 29.5 Å². The van der Waals surface area contributed by atoms with Crippen LogP contribution in [0.4, 0.5) is 0 Å². The number of nitrogens with zero attached hydrogens (tertiary/aromatic N) is 4. The number of carbonyl (C=O) groups is 1. The largest absolute Gasteiger partial charge is 0.468 e. The van der Waals surface area contributed by atoms with Gasteiger partial charge >= 0.3 is 0 Å². The van der Waals surface area contributed by atoms with Crippen molar-refractivity contribution in [1.82, 2.24) is 25.0 Å². The highest BCUT2D eigenvalue weighted by molar-refractivity contribution is 5.90. The molecule has 3 aromatic rings. The zero-order chi connectivity index (χ0) is 18.9. The smallest absolute Gasteiger partial charge is 0.289 e. The van der Waals surface area contributed by atoms with Crippen LogP contribution in [-0.4, -0.2) is 38.7 Å². The van der Waals surface area contributed by atoms with Crippen molar-refractivity contribution in [1.29, 1.82) is 0 Å². The minimum atomic E-state index is -0.161. The van der Waals surface area contributed by atoms with Crippen molar-refractivity contribution in [2.45, 2.75) is 26.1 Å². The van der Waals surface area contributed by atoms with Gasteiger partial charge in [0.2, 0.25) is 5.82 Å². The molecule has 1 fully saturated rings. The maximum atomic E-state index is 12.7. The summed E-state index contributed by atoms with van der Waals surface area (Å²) in [6.45, 7) is 4.17. The third-order valence-corrected chi connectivity index (χ3v) is 5.80. The molecule has 7 nitrogen and oxygen atoms in total. The van der Waals surface area contributed by atoms with Crippen molar-refractivity contribution in [3.05, 3.63) is 71.7 Å². The predicted octanol–water partition coefficient (Wildman–Crippen LogP) is 2.11. The summed E-state index contributed by atoms with van der Waals surface area (Å²) in [7, 11) is 0. The molecule has 144 valence electrons. The lowest BCUT2D eigenvalue weighted by atomic mass is 9.89. The van der Waals surface area contributed by atoms with E-state index < -0.39 is 0 Å². The van der Waals surface area contributed by atoms with E-state index in [1.807, 2.05) is 47.0 Å². The van der Waals surface area contributed by atoms with Crippen LogP contribution in [0.25, 0.3) is 0 Å². The minimum Gasteiger partial charge on any atom is -0.468 e. The Balaban J connectivity index is 1.25. The number of carbonyl (C=O) groups excluding carboxylic acids is 1. The molecule has 7 heteroatoms. The summed E-state index contributed by atoms with van der Waals surface area (Å²) in [6.07, 6.45) is 2.60. The molecule has 1 aromatic carbocycles. The van der Waals surface area contributed by atoms with Gasteiger partial charge in [0.25, 0.3) is 5.91 Å². The van der Waals surface area contributed by atoms with Crippen LogP contribution in [0.1, 0.15) is 27.8 Å². The molecule has 1 saturated heterocycles. The van der Waals surface area contributed by atoms with Gasteiger partial charge in [0, 0.05) is 32.6 Å². The summed E-state index contributed by atoms with van der Waals surface area (Å²) in [5.74, 6) is 3.26. The Kier molecular flexibility index (Phi) is 4.44. The molecule has 5 rings (SSSR count). The quantitative estimate of drug-likeness (QED) is 0.737. The lowest BCUT2D eigenvalue weighted by Gasteiger charge is -2.25. The molecular weight excluding hydrogens is 354 g/mol. The van der Waals surface area contributed by atoms with Crippen molar-refractivity contribution in [2.75, 3.05) is 13.1 Å². The number of rotatable bonds is 5. The van der Waals surface area contributed by atoms with E-state index in [4.69, 9.17) is 4.42 Å². The van der Waals surface area contributed by atoms with Crippen molar-refractivity contribution in [2.24, 2.45) is 11.8 Å². The molecule has 0 saturated carbocycles. The number of furan rings is 1. The van der Waals surface area contributed by atoms with Gasteiger partial charge in [-0.15, -0.1) is 10.2 Å². The molecular formula is C21H23N5O2. The molecule has 0 spiro atoms. The standard InChI is InChI=1S/C21H23N5O2/c27-21(22-10-15-5-2-1-3-6-15)20-24-23-19-9-16-11-25(12-17(16)13-26(19)20)14-18-7-4-8-28-18/h1-8,16-17H,9-14H2,(H,22,27)/t16-,17+/m1/s1. The van der Waals surface area contributed by atoms with E-state index in [0.29, 0.717) is 24.2 Å². The molecule has 4 heterocycles. The van der Waals surface area contributed by atoms with Gasteiger partial charge in [0.15, 0.2) is 0 Å². The molecule has 1 N–H and O–H groups in total. The van der Waals surface area contributed by atoms with E-state index in [-0.39, 0.29) is 5.91 Å². The summed E-state index contributed by atoms with van der Waals surface area (Å²) >= 11 is 0. The summed E-state index contributed by atoms with van der Waals surface area (Å²) in [4.78, 5) is 15.1. The molecule has 1 amide bonds. The van der Waals surface area contributed by atoms with E-state index in [1.54, 1.807) is 6.26 Å². The molecule has 2 aromatic heterocycles. The first kappa shape index (κ1) is 17.2. The van der Waals surface area contributed by atoms with E-state index >= 15 is 0 Å².